The van der Waals surface area contributed by atoms with Gasteiger partial charge in [-0.25, -0.2) is 13.1 Å². The van der Waals surface area contributed by atoms with Crippen LogP contribution in [0.2, 0.25) is 0 Å². The zero-order valence-corrected chi connectivity index (χ0v) is 16.6. The van der Waals surface area contributed by atoms with Crippen LogP contribution in [0.5, 0.6) is 0 Å². The number of carbonyl (C=O) groups is 1. The van der Waals surface area contributed by atoms with E-state index in [1.807, 2.05) is 30.9 Å². The third kappa shape index (κ3) is 4.46. The zero-order chi connectivity index (χ0) is 18.7. The summed E-state index contributed by atoms with van der Waals surface area (Å²) in [5, 5.41) is 0. The van der Waals surface area contributed by atoms with Crippen molar-refractivity contribution in [3.63, 3.8) is 0 Å². The summed E-state index contributed by atoms with van der Waals surface area (Å²) < 4.78 is 28.3. The fourth-order valence-corrected chi connectivity index (χ4v) is 5.74. The molecular formula is C20H30N2O3S. The number of sulfonamides is 1. The SMILES string of the molecule is Cc1ccc(C)c(S(=O)(=O)NC2CCN(C(=O)C3CCCCC3)CC2)c1. The van der Waals surface area contributed by atoms with Crippen molar-refractivity contribution in [3.05, 3.63) is 29.3 Å². The second kappa shape index (κ2) is 8.09. The Bertz CT molecular complexity index is 746. The Morgan fingerprint density at radius 2 is 1.69 bits per heavy atom. The average molecular weight is 379 g/mol. The van der Waals surface area contributed by atoms with Gasteiger partial charge in [0.1, 0.15) is 0 Å². The highest BCUT2D eigenvalue weighted by atomic mass is 32.2. The maximum atomic E-state index is 12.7. The quantitative estimate of drug-likeness (QED) is 0.875. The van der Waals surface area contributed by atoms with Gasteiger partial charge in [0.05, 0.1) is 4.90 Å². The summed E-state index contributed by atoms with van der Waals surface area (Å²) in [4.78, 5) is 14.9. The molecule has 1 saturated heterocycles. The van der Waals surface area contributed by atoms with Crippen LogP contribution in [0.4, 0.5) is 0 Å². The Hall–Kier alpha value is -1.40. The standard InChI is InChI=1S/C20H30N2O3S/c1-15-8-9-16(2)19(14-15)26(24,25)21-18-10-12-22(13-11-18)20(23)17-6-4-3-5-7-17/h8-9,14,17-18,21H,3-7,10-13H2,1-2H3. The van der Waals surface area contributed by atoms with Crippen molar-refractivity contribution >= 4 is 15.9 Å². The lowest BCUT2D eigenvalue weighted by Crippen LogP contribution is -2.48. The van der Waals surface area contributed by atoms with Crippen molar-refractivity contribution in [2.24, 2.45) is 5.92 Å². The number of rotatable bonds is 4. The van der Waals surface area contributed by atoms with E-state index >= 15 is 0 Å². The fraction of sp³-hybridized carbons (Fsp3) is 0.650. The van der Waals surface area contributed by atoms with Gasteiger partial charge in [-0.2, -0.15) is 0 Å². The molecule has 2 aliphatic rings. The molecule has 1 heterocycles. The first kappa shape index (κ1) is 19.4. The first-order valence-electron chi connectivity index (χ1n) is 9.75. The highest BCUT2D eigenvalue weighted by molar-refractivity contribution is 7.89. The molecule has 0 aromatic heterocycles. The van der Waals surface area contributed by atoms with Crippen molar-refractivity contribution < 1.29 is 13.2 Å². The molecule has 0 spiro atoms. The summed E-state index contributed by atoms with van der Waals surface area (Å²) in [6.45, 7) is 5.01. The van der Waals surface area contributed by atoms with Gasteiger partial charge < -0.3 is 4.90 Å². The van der Waals surface area contributed by atoms with Gasteiger partial charge in [0.25, 0.3) is 0 Å². The number of piperidine rings is 1. The van der Waals surface area contributed by atoms with E-state index in [-0.39, 0.29) is 17.9 Å². The van der Waals surface area contributed by atoms with E-state index in [2.05, 4.69) is 4.72 Å². The van der Waals surface area contributed by atoms with Crippen molar-refractivity contribution in [2.45, 2.75) is 69.7 Å². The predicted molar refractivity (Wildman–Crippen MR) is 102 cm³/mol. The van der Waals surface area contributed by atoms with Gasteiger partial charge in [0.15, 0.2) is 0 Å². The van der Waals surface area contributed by atoms with E-state index in [1.54, 1.807) is 6.07 Å². The summed E-state index contributed by atoms with van der Waals surface area (Å²) in [6, 6.07) is 5.38. The molecule has 1 saturated carbocycles. The number of carbonyl (C=O) groups excluding carboxylic acids is 1. The Morgan fingerprint density at radius 1 is 1.04 bits per heavy atom. The van der Waals surface area contributed by atoms with Gasteiger partial charge >= 0.3 is 0 Å². The van der Waals surface area contributed by atoms with Gasteiger partial charge in [0.2, 0.25) is 15.9 Å². The molecular weight excluding hydrogens is 348 g/mol. The number of hydrogen-bond acceptors (Lipinski definition) is 3. The van der Waals surface area contributed by atoms with Crippen LogP contribution in [0.3, 0.4) is 0 Å². The van der Waals surface area contributed by atoms with Crippen LogP contribution in [-0.2, 0) is 14.8 Å². The summed E-state index contributed by atoms with van der Waals surface area (Å²) >= 11 is 0. The molecule has 0 radical (unpaired) electrons. The Balaban J connectivity index is 1.58. The first-order chi connectivity index (χ1) is 12.4. The number of nitrogens with zero attached hydrogens (tertiary/aromatic N) is 1. The molecule has 1 amide bonds. The fourth-order valence-electron chi connectivity index (χ4n) is 4.11. The number of hydrogen-bond donors (Lipinski definition) is 1. The number of benzene rings is 1. The number of aryl methyl sites for hydroxylation is 2. The van der Waals surface area contributed by atoms with E-state index in [0.29, 0.717) is 30.8 Å². The average Bonchev–Trinajstić information content (AvgIpc) is 2.64. The van der Waals surface area contributed by atoms with Crippen LogP contribution in [0, 0.1) is 19.8 Å². The van der Waals surface area contributed by atoms with E-state index in [0.717, 1.165) is 36.8 Å². The molecule has 144 valence electrons. The second-order valence-electron chi connectivity index (χ2n) is 7.82. The molecule has 1 N–H and O–H groups in total. The molecule has 5 nitrogen and oxygen atoms in total. The largest absolute Gasteiger partial charge is 0.342 e. The zero-order valence-electron chi connectivity index (χ0n) is 15.8. The summed E-state index contributed by atoms with van der Waals surface area (Å²) in [6.07, 6.45) is 6.94. The van der Waals surface area contributed by atoms with Crippen LogP contribution in [0.1, 0.15) is 56.1 Å². The van der Waals surface area contributed by atoms with Gasteiger partial charge in [-0.15, -0.1) is 0 Å². The van der Waals surface area contributed by atoms with Crippen LogP contribution in [0.15, 0.2) is 23.1 Å². The lowest BCUT2D eigenvalue weighted by atomic mass is 9.87. The summed E-state index contributed by atoms with van der Waals surface area (Å²) in [5.74, 6) is 0.465. The van der Waals surface area contributed by atoms with Crippen LogP contribution in [0.25, 0.3) is 0 Å². The molecule has 26 heavy (non-hydrogen) atoms. The minimum Gasteiger partial charge on any atom is -0.342 e. The van der Waals surface area contributed by atoms with Crippen LogP contribution in [-0.4, -0.2) is 38.4 Å². The molecule has 6 heteroatoms. The molecule has 1 aliphatic heterocycles. The second-order valence-corrected chi connectivity index (χ2v) is 9.51. The maximum Gasteiger partial charge on any atom is 0.241 e. The third-order valence-corrected chi connectivity index (χ3v) is 7.38. The highest BCUT2D eigenvalue weighted by Gasteiger charge is 2.31. The first-order valence-corrected chi connectivity index (χ1v) is 11.2. The number of amides is 1. The maximum absolute atomic E-state index is 12.7. The molecule has 0 bridgehead atoms. The summed E-state index contributed by atoms with van der Waals surface area (Å²) in [7, 11) is -3.52. The van der Waals surface area contributed by atoms with E-state index in [4.69, 9.17) is 0 Å². The van der Waals surface area contributed by atoms with E-state index in [9.17, 15) is 13.2 Å². The van der Waals surface area contributed by atoms with Gasteiger partial charge in [-0.1, -0.05) is 31.4 Å². The Morgan fingerprint density at radius 3 is 2.35 bits per heavy atom. The van der Waals surface area contributed by atoms with E-state index in [1.165, 1.54) is 6.42 Å². The molecule has 1 aromatic rings. The topological polar surface area (TPSA) is 66.5 Å². The monoisotopic (exact) mass is 378 g/mol. The number of likely N-dealkylation sites (tertiary alicyclic amines) is 1. The van der Waals surface area contributed by atoms with Crippen molar-refractivity contribution in [1.29, 1.82) is 0 Å². The molecule has 0 unspecified atom stereocenters. The smallest absolute Gasteiger partial charge is 0.241 e. The Kier molecular flexibility index (Phi) is 6.03. The van der Waals surface area contributed by atoms with Crippen molar-refractivity contribution in [3.8, 4) is 0 Å². The molecule has 0 atom stereocenters. The molecule has 3 rings (SSSR count). The lowest BCUT2D eigenvalue weighted by Gasteiger charge is -2.35. The van der Waals surface area contributed by atoms with Crippen LogP contribution >= 0.6 is 0 Å². The number of nitrogens with one attached hydrogen (secondary N) is 1. The van der Waals surface area contributed by atoms with Crippen molar-refractivity contribution in [1.82, 2.24) is 9.62 Å². The molecule has 1 aromatic carbocycles. The lowest BCUT2D eigenvalue weighted by molar-refractivity contribution is -0.137. The normalized spacial score (nSPS) is 20.3. The Labute approximate surface area is 157 Å². The summed E-state index contributed by atoms with van der Waals surface area (Å²) in [5.41, 5.74) is 1.69. The molecule has 2 fully saturated rings. The highest BCUT2D eigenvalue weighted by Crippen LogP contribution is 2.27. The predicted octanol–water partition coefficient (Wildman–Crippen LogP) is 3.15. The van der Waals surface area contributed by atoms with Gasteiger partial charge in [-0.3, -0.25) is 4.79 Å². The van der Waals surface area contributed by atoms with Crippen LogP contribution < -0.4 is 4.72 Å². The minimum absolute atomic E-state index is 0.102. The van der Waals surface area contributed by atoms with E-state index < -0.39 is 10.0 Å². The third-order valence-electron chi connectivity index (χ3n) is 5.72. The van der Waals surface area contributed by atoms with Gasteiger partial charge in [0, 0.05) is 25.0 Å². The van der Waals surface area contributed by atoms with Gasteiger partial charge in [-0.05, 0) is 56.7 Å². The van der Waals surface area contributed by atoms with Crippen molar-refractivity contribution in [2.75, 3.05) is 13.1 Å². The minimum atomic E-state index is -3.52. The molecule has 1 aliphatic carbocycles.